The molecule has 0 radical (unpaired) electrons. The lowest BCUT2D eigenvalue weighted by atomic mass is 9.85. The first-order valence-corrected chi connectivity index (χ1v) is 19.8. The van der Waals surface area contributed by atoms with Crippen molar-refractivity contribution in [1.29, 1.82) is 0 Å². The van der Waals surface area contributed by atoms with Crippen LogP contribution in [0.15, 0.2) is 103 Å². The monoisotopic (exact) mass is 760 g/mol. The standard InChI is InChI=1S/C45H52N4O7/c50-30-32-14-16-35(17-15-32)40-27-39(29-48-24-22-45(23-25-48)44(54)47-31-49(45)38-10-3-1-4-11-38)55-43(56-40)36-20-18-34(19-21-36)37-9-7-8-33(26-37)28-46-41(51)12-5-2-6-13-42(52)53/h1,3-4,7-11,14-21,26,39-40,43,50H,2,5-6,12-13,22-25,27-31H2,(H,46,51)(H,47,54)(H,52,53)/t39-,40+,43+/m0/s1. The zero-order valence-electron chi connectivity index (χ0n) is 31.8. The van der Waals surface area contributed by atoms with Crippen molar-refractivity contribution in [2.24, 2.45) is 0 Å². The van der Waals surface area contributed by atoms with Crippen molar-refractivity contribution in [3.8, 4) is 11.1 Å². The number of aliphatic hydroxyl groups excluding tert-OH is 1. The van der Waals surface area contributed by atoms with Gasteiger partial charge in [-0.05, 0) is 71.7 Å². The van der Waals surface area contributed by atoms with E-state index in [0.717, 1.165) is 78.0 Å². The zero-order valence-corrected chi connectivity index (χ0v) is 31.8. The molecule has 294 valence electrons. The summed E-state index contributed by atoms with van der Waals surface area (Å²) in [5, 5.41) is 24.5. The lowest BCUT2D eigenvalue weighted by Gasteiger charge is -2.45. The second-order valence-electron chi connectivity index (χ2n) is 15.2. The Bertz CT molecular complexity index is 1930. The van der Waals surface area contributed by atoms with Crippen LogP contribution < -0.4 is 15.5 Å². The van der Waals surface area contributed by atoms with Crippen molar-refractivity contribution in [2.75, 3.05) is 31.2 Å². The maximum absolute atomic E-state index is 13.3. The molecular formula is C45H52N4O7. The normalized spacial score (nSPS) is 20.8. The van der Waals surface area contributed by atoms with Gasteiger partial charge < -0.3 is 40.1 Å². The first-order chi connectivity index (χ1) is 27.3. The van der Waals surface area contributed by atoms with E-state index < -0.39 is 17.8 Å². The molecule has 11 nitrogen and oxygen atoms in total. The number of likely N-dealkylation sites (tertiary alicyclic amines) is 1. The number of carbonyl (C=O) groups excluding carboxylic acids is 2. The van der Waals surface area contributed by atoms with Crippen molar-refractivity contribution in [2.45, 2.75) is 88.6 Å². The predicted octanol–water partition coefficient (Wildman–Crippen LogP) is 6.47. The number of anilines is 1. The molecule has 3 heterocycles. The Kier molecular flexibility index (Phi) is 12.8. The largest absolute Gasteiger partial charge is 0.481 e. The maximum atomic E-state index is 13.3. The molecule has 0 aromatic heterocycles. The number of rotatable bonds is 15. The molecule has 4 aromatic carbocycles. The summed E-state index contributed by atoms with van der Waals surface area (Å²) in [5.41, 5.74) is 6.38. The number of nitrogens with zero attached hydrogens (tertiary/aromatic N) is 2. The SMILES string of the molecule is O=C(O)CCCCCC(=O)NCc1cccc(-c2ccc([C@@H]3O[C@H](CN4CCC5(CC4)C(=O)NCN5c4ccccc4)C[C@H](c4ccc(CO)cc4)O3)cc2)c1. The number of hydrogen-bond donors (Lipinski definition) is 4. The van der Waals surface area contributed by atoms with Gasteiger partial charge in [-0.2, -0.15) is 0 Å². The summed E-state index contributed by atoms with van der Waals surface area (Å²) in [6, 6.07) is 34.5. The smallest absolute Gasteiger partial charge is 0.303 e. The molecule has 2 amide bonds. The Balaban J connectivity index is 0.996. The highest BCUT2D eigenvalue weighted by Gasteiger charge is 2.50. The summed E-state index contributed by atoms with van der Waals surface area (Å²) in [6.07, 6.45) is 3.75. The van der Waals surface area contributed by atoms with Gasteiger partial charge in [-0.1, -0.05) is 91.3 Å². The fourth-order valence-electron chi connectivity index (χ4n) is 8.18. The molecule has 0 saturated carbocycles. The van der Waals surface area contributed by atoms with Crippen LogP contribution in [0.25, 0.3) is 11.1 Å². The summed E-state index contributed by atoms with van der Waals surface area (Å²) in [5.74, 6) is -0.738. The van der Waals surface area contributed by atoms with Gasteiger partial charge in [-0.15, -0.1) is 0 Å². The van der Waals surface area contributed by atoms with E-state index in [1.165, 1.54) is 0 Å². The van der Waals surface area contributed by atoms with Gasteiger partial charge in [-0.25, -0.2) is 0 Å². The van der Waals surface area contributed by atoms with Crippen molar-refractivity contribution < 1.29 is 34.1 Å². The third-order valence-electron chi connectivity index (χ3n) is 11.4. The average Bonchev–Trinajstić information content (AvgIpc) is 3.55. The van der Waals surface area contributed by atoms with Crippen LogP contribution in [-0.4, -0.2) is 70.8 Å². The van der Waals surface area contributed by atoms with E-state index in [1.54, 1.807) is 0 Å². The van der Waals surface area contributed by atoms with Crippen LogP contribution in [0.5, 0.6) is 0 Å². The first-order valence-electron chi connectivity index (χ1n) is 19.8. The Morgan fingerprint density at radius 1 is 0.804 bits per heavy atom. The van der Waals surface area contributed by atoms with E-state index in [4.69, 9.17) is 14.6 Å². The van der Waals surface area contributed by atoms with E-state index in [9.17, 15) is 19.5 Å². The van der Waals surface area contributed by atoms with E-state index in [1.807, 2.05) is 54.6 Å². The first kappa shape index (κ1) is 39.2. The molecule has 7 rings (SSSR count). The molecule has 3 aliphatic rings. The number of ether oxygens (including phenoxy) is 2. The minimum absolute atomic E-state index is 0.0161. The maximum Gasteiger partial charge on any atom is 0.303 e. The molecule has 1 spiro atoms. The summed E-state index contributed by atoms with van der Waals surface area (Å²) in [6.45, 7) is 3.21. The number of unbranched alkanes of at least 4 members (excludes halogenated alkanes) is 2. The van der Waals surface area contributed by atoms with Gasteiger partial charge in [0.2, 0.25) is 11.8 Å². The van der Waals surface area contributed by atoms with Crippen LogP contribution in [0, 0.1) is 0 Å². The second kappa shape index (κ2) is 18.3. The van der Waals surface area contributed by atoms with Crippen molar-refractivity contribution in [1.82, 2.24) is 15.5 Å². The van der Waals surface area contributed by atoms with E-state index in [-0.39, 0.29) is 37.0 Å². The summed E-state index contributed by atoms with van der Waals surface area (Å²) in [7, 11) is 0. The second-order valence-corrected chi connectivity index (χ2v) is 15.2. The highest BCUT2D eigenvalue weighted by Crippen LogP contribution is 2.40. The Morgan fingerprint density at radius 3 is 2.27 bits per heavy atom. The summed E-state index contributed by atoms with van der Waals surface area (Å²) < 4.78 is 13.4. The van der Waals surface area contributed by atoms with Gasteiger partial charge in [0.15, 0.2) is 6.29 Å². The highest BCUT2D eigenvalue weighted by atomic mass is 16.7. The molecule has 56 heavy (non-hydrogen) atoms. The van der Waals surface area contributed by atoms with Crippen molar-refractivity contribution in [3.05, 3.63) is 125 Å². The van der Waals surface area contributed by atoms with Crippen molar-refractivity contribution in [3.63, 3.8) is 0 Å². The fraction of sp³-hybridized carbons (Fsp3) is 0.400. The van der Waals surface area contributed by atoms with Crippen LogP contribution in [0.2, 0.25) is 0 Å². The topological polar surface area (TPSA) is 141 Å². The molecule has 3 aliphatic heterocycles. The van der Waals surface area contributed by atoms with Crippen LogP contribution in [0.3, 0.4) is 0 Å². The molecule has 0 unspecified atom stereocenters. The third-order valence-corrected chi connectivity index (χ3v) is 11.4. The quantitative estimate of drug-likeness (QED) is 0.100. The predicted molar refractivity (Wildman–Crippen MR) is 213 cm³/mol. The number of aliphatic hydroxyl groups is 1. The number of hydrogen-bond acceptors (Lipinski definition) is 8. The molecule has 0 aliphatic carbocycles. The minimum atomic E-state index is -0.806. The van der Waals surface area contributed by atoms with Gasteiger partial charge in [0, 0.05) is 56.7 Å². The molecule has 11 heteroatoms. The number of carboxylic acids is 1. The average molecular weight is 761 g/mol. The molecule has 3 atom stereocenters. The van der Waals surface area contributed by atoms with Crippen LogP contribution >= 0.6 is 0 Å². The minimum Gasteiger partial charge on any atom is -0.481 e. The van der Waals surface area contributed by atoms with E-state index in [0.29, 0.717) is 38.9 Å². The van der Waals surface area contributed by atoms with E-state index in [2.05, 4.69) is 69.0 Å². The number of piperidine rings is 1. The number of para-hydroxylation sites is 1. The zero-order chi connectivity index (χ0) is 38.9. The summed E-state index contributed by atoms with van der Waals surface area (Å²) in [4.78, 5) is 41.0. The van der Waals surface area contributed by atoms with Gasteiger partial charge in [0.25, 0.3) is 0 Å². The highest BCUT2D eigenvalue weighted by molar-refractivity contribution is 5.93. The van der Waals surface area contributed by atoms with Crippen LogP contribution in [-0.2, 0) is 37.0 Å². The Labute approximate surface area is 328 Å². The molecule has 0 bridgehead atoms. The lowest BCUT2D eigenvalue weighted by molar-refractivity contribution is -0.253. The third kappa shape index (κ3) is 9.47. The lowest BCUT2D eigenvalue weighted by Crippen LogP contribution is -2.57. The Hall–Kier alpha value is -5.07. The number of nitrogens with one attached hydrogen (secondary N) is 2. The Morgan fingerprint density at radius 2 is 1.54 bits per heavy atom. The van der Waals surface area contributed by atoms with E-state index >= 15 is 0 Å². The molecule has 3 saturated heterocycles. The number of aliphatic carboxylic acids is 1. The van der Waals surface area contributed by atoms with Gasteiger partial charge in [-0.3, -0.25) is 14.4 Å². The van der Waals surface area contributed by atoms with Gasteiger partial charge >= 0.3 is 5.97 Å². The van der Waals surface area contributed by atoms with Crippen LogP contribution in [0.1, 0.15) is 86.0 Å². The van der Waals surface area contributed by atoms with Crippen LogP contribution in [0.4, 0.5) is 5.69 Å². The number of amides is 2. The summed E-state index contributed by atoms with van der Waals surface area (Å²) >= 11 is 0. The molecule has 4 N–H and O–H groups in total. The van der Waals surface area contributed by atoms with Crippen molar-refractivity contribution >= 4 is 23.5 Å². The molecule has 4 aromatic rings. The van der Waals surface area contributed by atoms with Gasteiger partial charge in [0.05, 0.1) is 25.5 Å². The molecular weight excluding hydrogens is 709 g/mol. The van der Waals surface area contributed by atoms with Gasteiger partial charge in [0.1, 0.15) is 5.54 Å². The molecule has 3 fully saturated rings. The number of carbonyl (C=O) groups is 3. The number of carboxylic acid groups (broad SMARTS) is 1. The number of benzene rings is 4. The fourth-order valence-corrected chi connectivity index (χ4v) is 8.18.